The minimum Gasteiger partial charge on any atom is -0.374 e. The molecule has 6 heteroatoms. The number of morpholine rings is 1. The zero-order valence-corrected chi connectivity index (χ0v) is 10.7. The fourth-order valence-electron chi connectivity index (χ4n) is 2.22. The number of nitrogens with zero attached hydrogens (tertiary/aromatic N) is 3. The average molecular weight is 252 g/mol. The van der Waals surface area contributed by atoms with Crippen molar-refractivity contribution in [2.24, 2.45) is 5.73 Å². The maximum atomic E-state index is 5.87. The van der Waals surface area contributed by atoms with E-state index in [0.29, 0.717) is 18.4 Å². The van der Waals surface area contributed by atoms with E-state index in [4.69, 9.17) is 15.0 Å². The summed E-state index contributed by atoms with van der Waals surface area (Å²) in [5.41, 5.74) is 5.87. The first-order valence-electron chi connectivity index (χ1n) is 6.64. The van der Waals surface area contributed by atoms with Crippen molar-refractivity contribution in [3.63, 3.8) is 0 Å². The molecule has 2 fully saturated rings. The fourth-order valence-corrected chi connectivity index (χ4v) is 2.22. The van der Waals surface area contributed by atoms with E-state index >= 15 is 0 Å². The third-order valence-electron chi connectivity index (χ3n) is 3.55. The van der Waals surface area contributed by atoms with Crippen LogP contribution in [-0.2, 0) is 11.3 Å². The van der Waals surface area contributed by atoms with Gasteiger partial charge in [0.2, 0.25) is 5.89 Å². The van der Waals surface area contributed by atoms with Crippen LogP contribution < -0.4 is 5.73 Å². The van der Waals surface area contributed by atoms with E-state index in [-0.39, 0.29) is 12.1 Å². The Kier molecular flexibility index (Phi) is 3.32. The van der Waals surface area contributed by atoms with E-state index in [1.54, 1.807) is 0 Å². The lowest BCUT2D eigenvalue weighted by Crippen LogP contribution is -2.49. The highest BCUT2D eigenvalue weighted by Crippen LogP contribution is 2.38. The molecule has 100 valence electrons. The molecule has 3 rings (SSSR count). The molecule has 1 saturated heterocycles. The fraction of sp³-hybridized carbons (Fsp3) is 0.833. The van der Waals surface area contributed by atoms with Crippen molar-refractivity contribution in [3.8, 4) is 0 Å². The second kappa shape index (κ2) is 4.95. The smallest absolute Gasteiger partial charge is 0.240 e. The quantitative estimate of drug-likeness (QED) is 0.840. The normalized spacial score (nSPS) is 27.3. The number of ether oxygens (including phenoxy) is 1. The van der Waals surface area contributed by atoms with Crippen LogP contribution in [0, 0.1) is 0 Å². The Balaban J connectivity index is 1.57. The van der Waals surface area contributed by atoms with Gasteiger partial charge in [0.1, 0.15) is 0 Å². The summed E-state index contributed by atoms with van der Waals surface area (Å²) in [6, 6.07) is 0.0533. The summed E-state index contributed by atoms with van der Waals surface area (Å²) < 4.78 is 10.9. The molecule has 1 saturated carbocycles. The van der Waals surface area contributed by atoms with Gasteiger partial charge in [0.25, 0.3) is 0 Å². The summed E-state index contributed by atoms with van der Waals surface area (Å²) in [7, 11) is 0. The monoisotopic (exact) mass is 252 g/mol. The lowest BCUT2D eigenvalue weighted by molar-refractivity contribution is -0.0427. The Morgan fingerprint density at radius 1 is 1.50 bits per heavy atom. The maximum absolute atomic E-state index is 5.87. The highest BCUT2D eigenvalue weighted by molar-refractivity contribution is 5.03. The lowest BCUT2D eigenvalue weighted by atomic mass is 10.1. The summed E-state index contributed by atoms with van der Waals surface area (Å²) in [6.07, 6.45) is 2.50. The predicted molar refractivity (Wildman–Crippen MR) is 64.9 cm³/mol. The molecular formula is C12H20N4O2. The molecule has 6 nitrogen and oxygen atoms in total. The Labute approximate surface area is 106 Å². The second-order valence-corrected chi connectivity index (χ2v) is 5.32. The van der Waals surface area contributed by atoms with Crippen LogP contribution in [0.3, 0.4) is 0 Å². The van der Waals surface area contributed by atoms with Crippen LogP contribution >= 0.6 is 0 Å². The van der Waals surface area contributed by atoms with Crippen molar-refractivity contribution in [1.82, 2.24) is 15.0 Å². The third kappa shape index (κ3) is 2.71. The van der Waals surface area contributed by atoms with Crippen LogP contribution in [0.25, 0.3) is 0 Å². The van der Waals surface area contributed by atoms with Gasteiger partial charge in [0.15, 0.2) is 5.82 Å². The molecule has 18 heavy (non-hydrogen) atoms. The van der Waals surface area contributed by atoms with Gasteiger partial charge in [-0.1, -0.05) is 5.16 Å². The molecule has 0 spiro atoms. The van der Waals surface area contributed by atoms with Gasteiger partial charge >= 0.3 is 0 Å². The first kappa shape index (κ1) is 12.1. The molecule has 2 aliphatic rings. The van der Waals surface area contributed by atoms with Crippen molar-refractivity contribution in [3.05, 3.63) is 11.7 Å². The van der Waals surface area contributed by atoms with Gasteiger partial charge in [-0.25, -0.2) is 0 Å². The van der Waals surface area contributed by atoms with E-state index in [9.17, 15) is 0 Å². The van der Waals surface area contributed by atoms with E-state index in [2.05, 4.69) is 15.0 Å². The molecule has 1 aromatic rings. The topological polar surface area (TPSA) is 77.4 Å². The molecule has 0 aromatic carbocycles. The minimum atomic E-state index is 0.0533. The molecular weight excluding hydrogens is 232 g/mol. The van der Waals surface area contributed by atoms with Gasteiger partial charge in [-0.05, 0) is 19.8 Å². The summed E-state index contributed by atoms with van der Waals surface area (Å²) >= 11 is 0. The number of hydrogen-bond acceptors (Lipinski definition) is 6. The van der Waals surface area contributed by atoms with E-state index < -0.39 is 0 Å². The zero-order chi connectivity index (χ0) is 12.5. The molecule has 2 atom stereocenters. The molecule has 0 amide bonds. The van der Waals surface area contributed by atoms with Crippen molar-refractivity contribution in [2.45, 2.75) is 44.4 Å². The van der Waals surface area contributed by atoms with Crippen LogP contribution in [0.5, 0.6) is 0 Å². The van der Waals surface area contributed by atoms with Crippen LogP contribution in [0.15, 0.2) is 4.52 Å². The number of hydrogen-bond donors (Lipinski definition) is 1. The molecule has 1 aromatic heterocycles. The van der Waals surface area contributed by atoms with Crippen LogP contribution in [0.1, 0.15) is 37.4 Å². The first-order chi connectivity index (χ1) is 8.72. The SMILES string of the molecule is CC(N)C1CN(Cc2nc(C3CC3)no2)CCO1. The first-order valence-corrected chi connectivity index (χ1v) is 6.64. The summed E-state index contributed by atoms with van der Waals surface area (Å²) in [6.45, 7) is 5.12. The summed E-state index contributed by atoms with van der Waals surface area (Å²) in [5, 5.41) is 4.03. The maximum Gasteiger partial charge on any atom is 0.240 e. The Morgan fingerprint density at radius 3 is 3.06 bits per heavy atom. The minimum absolute atomic E-state index is 0.0533. The van der Waals surface area contributed by atoms with Crippen molar-refractivity contribution >= 4 is 0 Å². The largest absolute Gasteiger partial charge is 0.374 e. The van der Waals surface area contributed by atoms with Gasteiger partial charge in [0, 0.05) is 25.0 Å². The van der Waals surface area contributed by atoms with Crippen molar-refractivity contribution < 1.29 is 9.26 Å². The van der Waals surface area contributed by atoms with Gasteiger partial charge in [-0.15, -0.1) is 0 Å². The number of aromatic nitrogens is 2. The highest BCUT2D eigenvalue weighted by atomic mass is 16.5. The zero-order valence-electron chi connectivity index (χ0n) is 10.7. The lowest BCUT2D eigenvalue weighted by Gasteiger charge is -2.33. The molecule has 0 bridgehead atoms. The van der Waals surface area contributed by atoms with Crippen molar-refractivity contribution in [1.29, 1.82) is 0 Å². The molecule has 2 N–H and O–H groups in total. The van der Waals surface area contributed by atoms with Crippen LogP contribution in [-0.4, -0.2) is 46.9 Å². The second-order valence-electron chi connectivity index (χ2n) is 5.32. The van der Waals surface area contributed by atoms with Gasteiger partial charge < -0.3 is 15.0 Å². The summed E-state index contributed by atoms with van der Waals surface area (Å²) in [4.78, 5) is 6.71. The van der Waals surface area contributed by atoms with Crippen LogP contribution in [0.4, 0.5) is 0 Å². The molecule has 0 radical (unpaired) electrons. The van der Waals surface area contributed by atoms with Gasteiger partial charge in [-0.3, -0.25) is 4.90 Å². The van der Waals surface area contributed by atoms with E-state index in [1.165, 1.54) is 12.8 Å². The third-order valence-corrected chi connectivity index (χ3v) is 3.55. The van der Waals surface area contributed by atoms with E-state index in [0.717, 1.165) is 25.5 Å². The van der Waals surface area contributed by atoms with E-state index in [1.807, 2.05) is 6.92 Å². The molecule has 2 unspecified atom stereocenters. The highest BCUT2D eigenvalue weighted by Gasteiger charge is 2.30. The van der Waals surface area contributed by atoms with Crippen LogP contribution in [0.2, 0.25) is 0 Å². The average Bonchev–Trinajstić information content (AvgIpc) is 3.11. The van der Waals surface area contributed by atoms with Gasteiger partial charge in [-0.2, -0.15) is 4.98 Å². The Morgan fingerprint density at radius 2 is 2.33 bits per heavy atom. The Bertz CT molecular complexity index is 403. The predicted octanol–water partition coefficient (Wildman–Crippen LogP) is 0.495. The standard InChI is InChI=1S/C12H20N4O2/c1-8(13)10-6-16(4-5-17-10)7-11-14-12(15-18-11)9-2-3-9/h8-10H,2-7,13H2,1H3. The number of rotatable bonds is 4. The molecule has 1 aliphatic carbocycles. The summed E-state index contributed by atoms with van der Waals surface area (Å²) in [5.74, 6) is 2.13. The Hall–Kier alpha value is -0.980. The molecule has 1 aliphatic heterocycles. The van der Waals surface area contributed by atoms with Crippen molar-refractivity contribution in [2.75, 3.05) is 19.7 Å². The van der Waals surface area contributed by atoms with Gasteiger partial charge in [0.05, 0.1) is 19.3 Å². The molecule has 2 heterocycles. The number of nitrogens with two attached hydrogens (primary N) is 1.